The van der Waals surface area contributed by atoms with Gasteiger partial charge in [0.1, 0.15) is 0 Å². The number of aromatic nitrogens is 5. The second-order valence-corrected chi connectivity index (χ2v) is 6.71. The minimum absolute atomic E-state index is 0.329. The molecule has 0 fully saturated rings. The number of pyridine rings is 1. The van der Waals surface area contributed by atoms with E-state index in [1.54, 1.807) is 17.8 Å². The number of nitrogens with one attached hydrogen (secondary N) is 1. The molecule has 0 aliphatic carbocycles. The Kier molecular flexibility index (Phi) is 4.02. The molecule has 3 heterocycles. The summed E-state index contributed by atoms with van der Waals surface area (Å²) in [5, 5.41) is 21.1. The Morgan fingerprint density at radius 3 is 2.62 bits per heavy atom. The molecule has 9 heteroatoms. The predicted molar refractivity (Wildman–Crippen MR) is 95.1 cm³/mol. The van der Waals surface area contributed by atoms with Crippen LogP contribution in [0.15, 0.2) is 18.5 Å². The summed E-state index contributed by atoms with van der Waals surface area (Å²) in [5.41, 5.74) is 1.70. The van der Waals surface area contributed by atoms with Crippen LogP contribution in [0.1, 0.15) is 35.6 Å². The summed E-state index contributed by atoms with van der Waals surface area (Å²) in [7, 11) is 1.78. The quantitative estimate of drug-likeness (QED) is 0.737. The van der Waals surface area contributed by atoms with Gasteiger partial charge in [-0.05, 0) is 33.8 Å². The number of anilines is 1. The minimum Gasteiger partial charge on any atom is -0.479 e. The molecule has 2 N–H and O–H groups in total. The SMILES string of the molecule is Cc1cc(C(=O)Nc2cnn(C(C)(C)C(=O)O)c2)c2c(C)nn(C)c2n1. The molecule has 0 bridgehead atoms. The Balaban J connectivity index is 1.96. The van der Waals surface area contributed by atoms with Gasteiger partial charge >= 0.3 is 5.97 Å². The Hall–Kier alpha value is -3.23. The van der Waals surface area contributed by atoms with Crippen LogP contribution in [0.25, 0.3) is 11.0 Å². The van der Waals surface area contributed by atoms with E-state index in [-0.39, 0.29) is 5.91 Å². The minimum atomic E-state index is -1.22. The average molecular weight is 356 g/mol. The van der Waals surface area contributed by atoms with Gasteiger partial charge in [-0.1, -0.05) is 0 Å². The first-order valence-electron chi connectivity index (χ1n) is 8.02. The molecule has 0 aromatic carbocycles. The van der Waals surface area contributed by atoms with Crippen LogP contribution < -0.4 is 5.32 Å². The third-order valence-electron chi connectivity index (χ3n) is 4.28. The van der Waals surface area contributed by atoms with Gasteiger partial charge < -0.3 is 10.4 Å². The topological polar surface area (TPSA) is 115 Å². The van der Waals surface area contributed by atoms with Crippen molar-refractivity contribution >= 4 is 28.6 Å². The molecule has 3 aromatic heterocycles. The summed E-state index contributed by atoms with van der Waals surface area (Å²) >= 11 is 0. The zero-order valence-corrected chi connectivity index (χ0v) is 15.2. The van der Waals surface area contributed by atoms with E-state index >= 15 is 0 Å². The van der Waals surface area contributed by atoms with Gasteiger partial charge in [-0.3, -0.25) is 14.2 Å². The zero-order chi connectivity index (χ0) is 19.2. The van der Waals surface area contributed by atoms with Crippen molar-refractivity contribution in [3.63, 3.8) is 0 Å². The maximum atomic E-state index is 12.8. The van der Waals surface area contributed by atoms with Crippen LogP contribution in [-0.2, 0) is 17.4 Å². The van der Waals surface area contributed by atoms with Crippen molar-refractivity contribution in [3.8, 4) is 0 Å². The lowest BCUT2D eigenvalue weighted by Crippen LogP contribution is -2.35. The summed E-state index contributed by atoms with van der Waals surface area (Å²) in [5.74, 6) is -1.35. The standard InChI is InChI=1S/C17H20N6O3/c1-9-6-12(13-10(2)21-22(5)14(13)19-9)15(24)20-11-7-18-23(8-11)17(3,4)16(25)26/h6-8H,1-5H3,(H,20,24)(H,25,26). The maximum Gasteiger partial charge on any atom is 0.331 e. The normalized spacial score (nSPS) is 11.7. The second kappa shape index (κ2) is 5.94. The molecule has 136 valence electrons. The van der Waals surface area contributed by atoms with Crippen molar-refractivity contribution in [2.45, 2.75) is 33.2 Å². The first kappa shape index (κ1) is 17.6. The van der Waals surface area contributed by atoms with E-state index in [0.717, 1.165) is 0 Å². The Morgan fingerprint density at radius 1 is 1.27 bits per heavy atom. The van der Waals surface area contributed by atoms with E-state index in [1.165, 1.54) is 30.9 Å². The summed E-state index contributed by atoms with van der Waals surface area (Å²) < 4.78 is 2.94. The van der Waals surface area contributed by atoms with Crippen LogP contribution in [0.2, 0.25) is 0 Å². The molecule has 26 heavy (non-hydrogen) atoms. The number of rotatable bonds is 4. The van der Waals surface area contributed by atoms with Crippen molar-refractivity contribution in [3.05, 3.63) is 35.4 Å². The van der Waals surface area contributed by atoms with Gasteiger partial charge in [0.25, 0.3) is 5.91 Å². The van der Waals surface area contributed by atoms with Crippen LogP contribution in [-0.4, -0.2) is 41.5 Å². The van der Waals surface area contributed by atoms with Crippen molar-refractivity contribution in [1.82, 2.24) is 24.5 Å². The number of carbonyl (C=O) groups excluding carboxylic acids is 1. The Labute approximate surface area is 149 Å². The predicted octanol–water partition coefficient (Wildman–Crippen LogP) is 1.85. The highest BCUT2D eigenvalue weighted by Crippen LogP contribution is 2.23. The number of aryl methyl sites for hydroxylation is 3. The van der Waals surface area contributed by atoms with Gasteiger partial charge in [0.2, 0.25) is 0 Å². The highest BCUT2D eigenvalue weighted by atomic mass is 16.4. The van der Waals surface area contributed by atoms with Crippen LogP contribution >= 0.6 is 0 Å². The molecular weight excluding hydrogens is 336 g/mol. The molecule has 0 spiro atoms. The van der Waals surface area contributed by atoms with E-state index < -0.39 is 11.5 Å². The zero-order valence-electron chi connectivity index (χ0n) is 15.2. The van der Waals surface area contributed by atoms with E-state index in [9.17, 15) is 14.7 Å². The van der Waals surface area contributed by atoms with Crippen molar-refractivity contribution in [2.75, 3.05) is 5.32 Å². The number of hydrogen-bond donors (Lipinski definition) is 2. The van der Waals surface area contributed by atoms with Gasteiger partial charge in [-0.2, -0.15) is 10.2 Å². The summed E-state index contributed by atoms with van der Waals surface area (Å²) in [4.78, 5) is 28.6. The lowest BCUT2D eigenvalue weighted by atomic mass is 10.1. The lowest BCUT2D eigenvalue weighted by molar-refractivity contribution is -0.146. The molecule has 9 nitrogen and oxygen atoms in total. The number of aliphatic carboxylic acids is 1. The number of carboxylic acids is 1. The summed E-state index contributed by atoms with van der Waals surface area (Å²) in [6, 6.07) is 1.71. The van der Waals surface area contributed by atoms with Gasteiger partial charge in [0.15, 0.2) is 11.2 Å². The van der Waals surface area contributed by atoms with Crippen molar-refractivity contribution < 1.29 is 14.7 Å². The number of amides is 1. The first-order chi connectivity index (χ1) is 12.1. The molecule has 0 unspecified atom stereocenters. The number of carboxylic acid groups (broad SMARTS) is 1. The number of hydrogen-bond acceptors (Lipinski definition) is 5. The molecule has 0 atom stereocenters. The molecular formula is C17H20N6O3. The molecule has 0 aliphatic heterocycles. The summed E-state index contributed by atoms with van der Waals surface area (Å²) in [6.07, 6.45) is 2.91. The maximum absolute atomic E-state index is 12.8. The molecule has 0 saturated carbocycles. The van der Waals surface area contributed by atoms with Crippen LogP contribution in [0.4, 0.5) is 5.69 Å². The van der Waals surface area contributed by atoms with Gasteiger partial charge in [-0.15, -0.1) is 0 Å². The smallest absolute Gasteiger partial charge is 0.331 e. The van der Waals surface area contributed by atoms with E-state index in [4.69, 9.17) is 0 Å². The number of carbonyl (C=O) groups is 2. The second-order valence-electron chi connectivity index (χ2n) is 6.71. The van der Waals surface area contributed by atoms with Gasteiger partial charge in [0.05, 0.1) is 28.5 Å². The Morgan fingerprint density at radius 2 is 1.96 bits per heavy atom. The largest absolute Gasteiger partial charge is 0.479 e. The number of fused-ring (bicyclic) bond motifs is 1. The highest BCUT2D eigenvalue weighted by molar-refractivity contribution is 6.12. The fraction of sp³-hybridized carbons (Fsp3) is 0.353. The third kappa shape index (κ3) is 2.81. The third-order valence-corrected chi connectivity index (χ3v) is 4.28. The highest BCUT2D eigenvalue weighted by Gasteiger charge is 2.30. The van der Waals surface area contributed by atoms with Gasteiger partial charge in [0, 0.05) is 18.9 Å². The molecule has 0 aliphatic rings. The molecule has 3 rings (SSSR count). The molecule has 0 saturated heterocycles. The monoisotopic (exact) mass is 356 g/mol. The molecule has 3 aromatic rings. The first-order valence-corrected chi connectivity index (χ1v) is 8.02. The van der Waals surface area contributed by atoms with Crippen LogP contribution in [0, 0.1) is 13.8 Å². The van der Waals surface area contributed by atoms with E-state index in [2.05, 4.69) is 20.5 Å². The van der Waals surface area contributed by atoms with Crippen molar-refractivity contribution in [1.29, 1.82) is 0 Å². The fourth-order valence-electron chi connectivity index (χ4n) is 2.74. The van der Waals surface area contributed by atoms with E-state index in [1.807, 2.05) is 13.8 Å². The lowest BCUT2D eigenvalue weighted by Gasteiger charge is -2.19. The molecule has 0 radical (unpaired) electrons. The van der Waals surface area contributed by atoms with Crippen molar-refractivity contribution in [2.24, 2.45) is 7.05 Å². The average Bonchev–Trinajstić information content (AvgIpc) is 3.12. The fourth-order valence-corrected chi connectivity index (χ4v) is 2.74. The summed E-state index contributed by atoms with van der Waals surface area (Å²) in [6.45, 7) is 6.70. The van der Waals surface area contributed by atoms with Gasteiger partial charge in [-0.25, -0.2) is 9.78 Å². The van der Waals surface area contributed by atoms with Crippen LogP contribution in [0.3, 0.4) is 0 Å². The number of nitrogens with zero attached hydrogens (tertiary/aromatic N) is 5. The molecule has 1 amide bonds. The Bertz CT molecular complexity index is 1030. The van der Waals surface area contributed by atoms with E-state index in [0.29, 0.717) is 33.7 Å². The van der Waals surface area contributed by atoms with Crippen LogP contribution in [0.5, 0.6) is 0 Å².